The molecule has 6 nitrogen and oxygen atoms in total. The lowest BCUT2D eigenvalue weighted by Gasteiger charge is -2.20. The molecule has 0 spiro atoms. The summed E-state index contributed by atoms with van der Waals surface area (Å²) in [5.41, 5.74) is 4.06. The molecule has 2 aromatic rings. The van der Waals surface area contributed by atoms with Crippen molar-refractivity contribution in [3.63, 3.8) is 0 Å². The number of hydrogen-bond donors (Lipinski definition) is 1. The molecule has 30 heavy (non-hydrogen) atoms. The average molecular weight is 427 g/mol. The highest BCUT2D eigenvalue weighted by Gasteiger charge is 2.19. The van der Waals surface area contributed by atoms with Crippen LogP contribution in [0.1, 0.15) is 52.9 Å². The normalized spacial score (nSPS) is 18.7. The number of thioether (sulfide) groups is 1. The van der Waals surface area contributed by atoms with E-state index in [0.29, 0.717) is 12.1 Å². The molecule has 2 saturated heterocycles. The van der Waals surface area contributed by atoms with Crippen molar-refractivity contribution in [2.24, 2.45) is 0 Å². The molecule has 0 aliphatic carbocycles. The van der Waals surface area contributed by atoms with E-state index < -0.39 is 0 Å². The van der Waals surface area contributed by atoms with Crippen LogP contribution in [0, 0.1) is 13.8 Å². The SMILES string of the molecule is Cc1nc(SCc2ccc(C(=O)NCC3CCCO3)cc2)nc(N2CCCC2)c1C. The third-order valence-electron chi connectivity index (χ3n) is 5.85. The predicted molar refractivity (Wildman–Crippen MR) is 120 cm³/mol. The van der Waals surface area contributed by atoms with Crippen molar-refractivity contribution in [2.75, 3.05) is 31.1 Å². The highest BCUT2D eigenvalue weighted by atomic mass is 32.2. The number of nitrogens with zero attached hydrogens (tertiary/aromatic N) is 3. The molecule has 0 radical (unpaired) electrons. The second-order valence-corrected chi connectivity index (χ2v) is 9.01. The Labute approximate surface area is 182 Å². The molecular formula is C23H30N4O2S. The molecule has 0 bridgehead atoms. The van der Waals surface area contributed by atoms with Crippen LogP contribution in [-0.4, -0.2) is 48.2 Å². The van der Waals surface area contributed by atoms with Crippen LogP contribution in [0.2, 0.25) is 0 Å². The first kappa shape index (κ1) is 21.1. The standard InChI is InChI=1S/C23H30N4O2S/c1-16-17(2)25-23(26-21(16)27-11-3-4-12-27)30-15-18-7-9-19(10-8-18)22(28)24-14-20-6-5-13-29-20/h7-10,20H,3-6,11-15H2,1-2H3,(H,24,28). The molecule has 3 heterocycles. The van der Waals surface area contributed by atoms with Crippen LogP contribution < -0.4 is 10.2 Å². The zero-order chi connectivity index (χ0) is 20.9. The summed E-state index contributed by atoms with van der Waals surface area (Å²) in [6, 6.07) is 7.79. The van der Waals surface area contributed by atoms with Gasteiger partial charge < -0.3 is 15.0 Å². The third kappa shape index (κ3) is 5.13. The summed E-state index contributed by atoms with van der Waals surface area (Å²) in [5, 5.41) is 3.79. The molecule has 1 N–H and O–H groups in total. The molecule has 1 amide bonds. The molecule has 1 unspecified atom stereocenters. The molecule has 2 fully saturated rings. The summed E-state index contributed by atoms with van der Waals surface area (Å²) in [6.45, 7) is 7.72. The van der Waals surface area contributed by atoms with Crippen molar-refractivity contribution in [1.29, 1.82) is 0 Å². The summed E-state index contributed by atoms with van der Waals surface area (Å²) in [6.07, 6.45) is 4.73. The van der Waals surface area contributed by atoms with Gasteiger partial charge in [-0.05, 0) is 57.2 Å². The Hall–Kier alpha value is -2.12. The van der Waals surface area contributed by atoms with E-state index in [-0.39, 0.29) is 12.0 Å². The van der Waals surface area contributed by atoms with E-state index in [1.807, 2.05) is 24.3 Å². The molecule has 1 aromatic carbocycles. The average Bonchev–Trinajstić information content (AvgIpc) is 3.47. The molecule has 0 saturated carbocycles. The van der Waals surface area contributed by atoms with Gasteiger partial charge in [0.25, 0.3) is 5.91 Å². The molecule has 1 aromatic heterocycles. The summed E-state index contributed by atoms with van der Waals surface area (Å²) in [7, 11) is 0. The summed E-state index contributed by atoms with van der Waals surface area (Å²) in [4.78, 5) is 24.2. The lowest BCUT2D eigenvalue weighted by molar-refractivity contribution is 0.0858. The van der Waals surface area contributed by atoms with E-state index in [2.05, 4.69) is 29.0 Å². The number of benzene rings is 1. The van der Waals surface area contributed by atoms with Gasteiger partial charge in [0, 0.05) is 48.8 Å². The van der Waals surface area contributed by atoms with Gasteiger partial charge in [-0.1, -0.05) is 23.9 Å². The van der Waals surface area contributed by atoms with Crippen LogP contribution in [0.3, 0.4) is 0 Å². The number of anilines is 1. The largest absolute Gasteiger partial charge is 0.376 e. The topological polar surface area (TPSA) is 67.3 Å². The predicted octanol–water partition coefficient (Wildman–Crippen LogP) is 3.89. The maximum Gasteiger partial charge on any atom is 0.251 e. The van der Waals surface area contributed by atoms with Crippen LogP contribution in [0.4, 0.5) is 5.82 Å². The van der Waals surface area contributed by atoms with Crippen LogP contribution in [0.25, 0.3) is 0 Å². The Morgan fingerprint density at radius 2 is 1.93 bits per heavy atom. The molecule has 2 aliphatic rings. The molecule has 7 heteroatoms. The maximum absolute atomic E-state index is 12.3. The lowest BCUT2D eigenvalue weighted by Crippen LogP contribution is -2.31. The van der Waals surface area contributed by atoms with Crippen molar-refractivity contribution in [2.45, 2.75) is 56.5 Å². The van der Waals surface area contributed by atoms with Gasteiger partial charge in [-0.15, -0.1) is 0 Å². The minimum atomic E-state index is -0.0440. The van der Waals surface area contributed by atoms with Gasteiger partial charge >= 0.3 is 0 Å². The Kier molecular flexibility index (Phi) is 6.89. The van der Waals surface area contributed by atoms with E-state index in [1.54, 1.807) is 11.8 Å². The van der Waals surface area contributed by atoms with Gasteiger partial charge in [-0.3, -0.25) is 4.79 Å². The number of aromatic nitrogens is 2. The number of amides is 1. The highest BCUT2D eigenvalue weighted by Crippen LogP contribution is 2.28. The van der Waals surface area contributed by atoms with Gasteiger partial charge in [-0.2, -0.15) is 0 Å². The van der Waals surface area contributed by atoms with E-state index in [1.165, 1.54) is 18.4 Å². The van der Waals surface area contributed by atoms with Crippen molar-refractivity contribution in [3.8, 4) is 0 Å². The summed E-state index contributed by atoms with van der Waals surface area (Å²) in [5.74, 6) is 1.82. The Bertz CT molecular complexity index is 876. The number of rotatable bonds is 7. The number of aryl methyl sites for hydroxylation is 1. The Balaban J connectivity index is 1.34. The second kappa shape index (κ2) is 9.79. The highest BCUT2D eigenvalue weighted by molar-refractivity contribution is 7.98. The van der Waals surface area contributed by atoms with E-state index in [9.17, 15) is 4.79 Å². The fourth-order valence-electron chi connectivity index (χ4n) is 3.90. The van der Waals surface area contributed by atoms with Crippen LogP contribution in [0.5, 0.6) is 0 Å². The number of carbonyl (C=O) groups is 1. The fraction of sp³-hybridized carbons (Fsp3) is 0.522. The first-order valence-corrected chi connectivity index (χ1v) is 11.8. The van der Waals surface area contributed by atoms with Gasteiger partial charge in [-0.25, -0.2) is 9.97 Å². The number of carbonyl (C=O) groups excluding carboxylic acids is 1. The van der Waals surface area contributed by atoms with E-state index >= 15 is 0 Å². The third-order valence-corrected chi connectivity index (χ3v) is 6.77. The first-order chi connectivity index (χ1) is 14.6. The van der Waals surface area contributed by atoms with Gasteiger partial charge in [0.15, 0.2) is 5.16 Å². The smallest absolute Gasteiger partial charge is 0.251 e. The van der Waals surface area contributed by atoms with Crippen molar-refractivity contribution in [1.82, 2.24) is 15.3 Å². The lowest BCUT2D eigenvalue weighted by atomic mass is 10.1. The zero-order valence-corrected chi connectivity index (χ0v) is 18.6. The van der Waals surface area contributed by atoms with Gasteiger partial charge in [0.05, 0.1) is 6.10 Å². The molecule has 160 valence electrons. The minimum absolute atomic E-state index is 0.0440. The first-order valence-electron chi connectivity index (χ1n) is 10.8. The van der Waals surface area contributed by atoms with Crippen molar-refractivity contribution < 1.29 is 9.53 Å². The van der Waals surface area contributed by atoms with E-state index in [0.717, 1.165) is 60.5 Å². The fourth-order valence-corrected chi connectivity index (χ4v) is 4.74. The van der Waals surface area contributed by atoms with Crippen LogP contribution >= 0.6 is 11.8 Å². The minimum Gasteiger partial charge on any atom is -0.376 e. The molecule has 2 aliphatic heterocycles. The quantitative estimate of drug-likeness (QED) is 0.535. The number of nitrogens with one attached hydrogen (secondary N) is 1. The maximum atomic E-state index is 12.3. The molecular weight excluding hydrogens is 396 g/mol. The second-order valence-electron chi connectivity index (χ2n) is 8.07. The van der Waals surface area contributed by atoms with Crippen LogP contribution in [0.15, 0.2) is 29.4 Å². The summed E-state index contributed by atoms with van der Waals surface area (Å²) >= 11 is 1.64. The number of ether oxygens (including phenoxy) is 1. The van der Waals surface area contributed by atoms with Crippen molar-refractivity contribution in [3.05, 3.63) is 46.6 Å². The monoisotopic (exact) mass is 426 g/mol. The van der Waals surface area contributed by atoms with Crippen molar-refractivity contribution >= 4 is 23.5 Å². The van der Waals surface area contributed by atoms with E-state index in [4.69, 9.17) is 9.72 Å². The Morgan fingerprint density at radius 3 is 2.63 bits per heavy atom. The number of hydrogen-bond acceptors (Lipinski definition) is 6. The van der Waals surface area contributed by atoms with Gasteiger partial charge in [0.2, 0.25) is 0 Å². The van der Waals surface area contributed by atoms with Crippen LogP contribution in [-0.2, 0) is 10.5 Å². The zero-order valence-electron chi connectivity index (χ0n) is 17.8. The summed E-state index contributed by atoms with van der Waals surface area (Å²) < 4.78 is 5.56. The Morgan fingerprint density at radius 1 is 1.17 bits per heavy atom. The molecule has 4 rings (SSSR count). The van der Waals surface area contributed by atoms with Gasteiger partial charge in [0.1, 0.15) is 5.82 Å². The molecule has 1 atom stereocenters.